The van der Waals surface area contributed by atoms with Crippen LogP contribution in [0.5, 0.6) is 0 Å². The van der Waals surface area contributed by atoms with Crippen molar-refractivity contribution in [2.75, 3.05) is 13.7 Å². The van der Waals surface area contributed by atoms with Crippen LogP contribution in [0.2, 0.25) is 0 Å². The van der Waals surface area contributed by atoms with Gasteiger partial charge in [0.25, 0.3) is 0 Å². The minimum atomic E-state index is 0.102. The normalized spacial score (nSPS) is 15.4. The van der Waals surface area contributed by atoms with Crippen molar-refractivity contribution in [3.8, 4) is 0 Å². The molecule has 0 aliphatic heterocycles. The number of hydrogen-bond acceptors (Lipinski definition) is 3. The molecule has 0 bridgehead atoms. The molecule has 1 aromatic carbocycles. The van der Waals surface area contributed by atoms with Gasteiger partial charge in [-0.3, -0.25) is 4.79 Å². The minimum Gasteiger partial charge on any atom is -0.380 e. The van der Waals surface area contributed by atoms with E-state index in [4.69, 9.17) is 4.74 Å². The van der Waals surface area contributed by atoms with Gasteiger partial charge in [0, 0.05) is 19.7 Å². The third kappa shape index (κ3) is 4.94. The first-order chi connectivity index (χ1) is 9.78. The molecule has 2 rings (SSSR count). The molecule has 1 saturated carbocycles. The molecule has 1 aliphatic rings. The van der Waals surface area contributed by atoms with Crippen LogP contribution in [-0.2, 0) is 22.7 Å². The van der Waals surface area contributed by atoms with Crippen LogP contribution in [-0.4, -0.2) is 25.6 Å². The number of nitrogens with one attached hydrogen (secondary N) is 2. The second kappa shape index (κ2) is 8.02. The van der Waals surface area contributed by atoms with Gasteiger partial charge in [-0.05, 0) is 24.0 Å². The number of carbonyl (C=O) groups excluding carboxylic acids is 1. The summed E-state index contributed by atoms with van der Waals surface area (Å²) in [5.74, 6) is 0.102. The van der Waals surface area contributed by atoms with Crippen molar-refractivity contribution < 1.29 is 9.53 Å². The summed E-state index contributed by atoms with van der Waals surface area (Å²) < 4.78 is 5.12. The molecule has 0 spiro atoms. The van der Waals surface area contributed by atoms with Crippen LogP contribution in [0.25, 0.3) is 0 Å². The predicted octanol–water partition coefficient (Wildman–Crippen LogP) is 1.98. The molecular formula is C16H24N2O2. The van der Waals surface area contributed by atoms with E-state index in [2.05, 4.69) is 22.8 Å². The van der Waals surface area contributed by atoms with Gasteiger partial charge in [-0.2, -0.15) is 0 Å². The lowest BCUT2D eigenvalue weighted by atomic mass is 10.1. The fraction of sp³-hybridized carbons (Fsp3) is 0.562. The number of ether oxygens (including phenoxy) is 1. The monoisotopic (exact) mass is 276 g/mol. The maximum absolute atomic E-state index is 11.8. The van der Waals surface area contributed by atoms with Crippen LogP contribution in [0, 0.1) is 0 Å². The standard InChI is InChI=1S/C16H24N2O2/c1-20-12-14-6-4-5-13(9-14)10-17-11-16(19)18-15-7-2-3-8-15/h4-6,9,15,17H,2-3,7-8,10-12H2,1H3,(H,18,19). The van der Waals surface area contributed by atoms with Gasteiger partial charge in [-0.15, -0.1) is 0 Å². The summed E-state index contributed by atoms with van der Waals surface area (Å²) >= 11 is 0. The van der Waals surface area contributed by atoms with Crippen LogP contribution < -0.4 is 10.6 Å². The lowest BCUT2D eigenvalue weighted by Gasteiger charge is -2.12. The third-order valence-electron chi connectivity index (χ3n) is 3.64. The Bertz CT molecular complexity index is 428. The molecule has 0 radical (unpaired) electrons. The molecule has 20 heavy (non-hydrogen) atoms. The molecule has 1 aliphatic carbocycles. The molecule has 1 amide bonds. The lowest BCUT2D eigenvalue weighted by Crippen LogP contribution is -2.38. The van der Waals surface area contributed by atoms with Gasteiger partial charge in [0.05, 0.1) is 13.2 Å². The second-order valence-electron chi connectivity index (χ2n) is 5.41. The first-order valence-electron chi connectivity index (χ1n) is 7.35. The van der Waals surface area contributed by atoms with Gasteiger partial charge in [0.2, 0.25) is 5.91 Å². The molecule has 0 aromatic heterocycles. The Labute approximate surface area is 120 Å². The fourth-order valence-corrected chi connectivity index (χ4v) is 2.67. The van der Waals surface area contributed by atoms with Crippen molar-refractivity contribution in [2.45, 2.75) is 44.9 Å². The Morgan fingerprint density at radius 1 is 1.30 bits per heavy atom. The average molecular weight is 276 g/mol. The first kappa shape index (κ1) is 15.0. The van der Waals surface area contributed by atoms with Crippen LogP contribution in [0.1, 0.15) is 36.8 Å². The van der Waals surface area contributed by atoms with Crippen molar-refractivity contribution in [3.63, 3.8) is 0 Å². The van der Waals surface area contributed by atoms with E-state index < -0.39 is 0 Å². The minimum absolute atomic E-state index is 0.102. The number of rotatable bonds is 7. The van der Waals surface area contributed by atoms with Crippen LogP contribution in [0.15, 0.2) is 24.3 Å². The highest BCUT2D eigenvalue weighted by molar-refractivity contribution is 5.78. The lowest BCUT2D eigenvalue weighted by molar-refractivity contribution is -0.120. The number of hydrogen-bond donors (Lipinski definition) is 2. The van der Waals surface area contributed by atoms with E-state index in [0.717, 1.165) is 18.4 Å². The summed E-state index contributed by atoms with van der Waals surface area (Å²) in [5, 5.41) is 6.27. The van der Waals surface area contributed by atoms with Crippen LogP contribution >= 0.6 is 0 Å². The summed E-state index contributed by atoms with van der Waals surface area (Å²) in [6, 6.07) is 8.62. The third-order valence-corrected chi connectivity index (χ3v) is 3.64. The van der Waals surface area contributed by atoms with Crippen molar-refractivity contribution in [3.05, 3.63) is 35.4 Å². The number of amides is 1. The number of benzene rings is 1. The molecule has 110 valence electrons. The zero-order valence-corrected chi connectivity index (χ0v) is 12.2. The summed E-state index contributed by atoms with van der Waals surface area (Å²) in [4.78, 5) is 11.8. The predicted molar refractivity (Wildman–Crippen MR) is 79.3 cm³/mol. The summed E-state index contributed by atoms with van der Waals surface area (Å²) in [5.41, 5.74) is 2.33. The summed E-state index contributed by atoms with van der Waals surface area (Å²) in [6.45, 7) is 1.71. The Balaban J connectivity index is 1.69. The molecule has 1 fully saturated rings. The van der Waals surface area contributed by atoms with E-state index in [9.17, 15) is 4.79 Å². The molecule has 0 heterocycles. The Hall–Kier alpha value is -1.39. The second-order valence-corrected chi connectivity index (χ2v) is 5.41. The average Bonchev–Trinajstić information content (AvgIpc) is 2.92. The van der Waals surface area contributed by atoms with E-state index in [-0.39, 0.29) is 5.91 Å². The molecule has 0 saturated heterocycles. The van der Waals surface area contributed by atoms with E-state index in [1.54, 1.807) is 7.11 Å². The highest BCUT2D eigenvalue weighted by Gasteiger charge is 2.16. The zero-order chi connectivity index (χ0) is 14.2. The summed E-state index contributed by atoms with van der Waals surface area (Å²) in [7, 11) is 1.69. The van der Waals surface area contributed by atoms with Gasteiger partial charge in [0.1, 0.15) is 0 Å². The molecule has 0 unspecified atom stereocenters. The first-order valence-corrected chi connectivity index (χ1v) is 7.35. The van der Waals surface area contributed by atoms with Crippen molar-refractivity contribution in [1.29, 1.82) is 0 Å². The molecule has 4 heteroatoms. The van der Waals surface area contributed by atoms with Crippen LogP contribution in [0.4, 0.5) is 0 Å². The maximum atomic E-state index is 11.8. The molecule has 0 atom stereocenters. The quantitative estimate of drug-likeness (QED) is 0.800. The Morgan fingerprint density at radius 2 is 2.05 bits per heavy atom. The topological polar surface area (TPSA) is 50.4 Å². The van der Waals surface area contributed by atoms with E-state index >= 15 is 0 Å². The van der Waals surface area contributed by atoms with Gasteiger partial charge >= 0.3 is 0 Å². The highest BCUT2D eigenvalue weighted by Crippen LogP contribution is 2.17. The Morgan fingerprint density at radius 3 is 2.80 bits per heavy atom. The highest BCUT2D eigenvalue weighted by atomic mass is 16.5. The smallest absolute Gasteiger partial charge is 0.234 e. The largest absolute Gasteiger partial charge is 0.380 e. The fourth-order valence-electron chi connectivity index (χ4n) is 2.67. The van der Waals surface area contributed by atoms with Gasteiger partial charge in [0.15, 0.2) is 0 Å². The molecule has 2 N–H and O–H groups in total. The Kier molecular flexibility index (Phi) is 6.02. The van der Waals surface area contributed by atoms with Crippen molar-refractivity contribution in [2.24, 2.45) is 0 Å². The van der Waals surface area contributed by atoms with Gasteiger partial charge < -0.3 is 15.4 Å². The van der Waals surface area contributed by atoms with Crippen molar-refractivity contribution >= 4 is 5.91 Å². The molecule has 4 nitrogen and oxygen atoms in total. The molecule has 1 aromatic rings. The maximum Gasteiger partial charge on any atom is 0.234 e. The molecular weight excluding hydrogens is 252 g/mol. The van der Waals surface area contributed by atoms with Crippen LogP contribution in [0.3, 0.4) is 0 Å². The number of carbonyl (C=O) groups is 1. The van der Waals surface area contributed by atoms with Crippen molar-refractivity contribution in [1.82, 2.24) is 10.6 Å². The SMILES string of the molecule is COCc1cccc(CNCC(=O)NC2CCCC2)c1. The summed E-state index contributed by atoms with van der Waals surface area (Å²) in [6.07, 6.45) is 4.74. The zero-order valence-electron chi connectivity index (χ0n) is 12.2. The van der Waals surface area contributed by atoms with E-state index in [0.29, 0.717) is 25.7 Å². The van der Waals surface area contributed by atoms with Gasteiger partial charge in [-0.25, -0.2) is 0 Å². The van der Waals surface area contributed by atoms with E-state index in [1.807, 2.05) is 12.1 Å². The van der Waals surface area contributed by atoms with Gasteiger partial charge in [-0.1, -0.05) is 37.1 Å². The van der Waals surface area contributed by atoms with E-state index in [1.165, 1.54) is 18.4 Å². The number of methoxy groups -OCH3 is 1.